The van der Waals surface area contributed by atoms with E-state index in [1.165, 1.54) is 11.3 Å². The molecule has 0 spiro atoms. The predicted molar refractivity (Wildman–Crippen MR) is 91.6 cm³/mol. The minimum Gasteiger partial charge on any atom is -0.467 e. The summed E-state index contributed by atoms with van der Waals surface area (Å²) in [5, 5.41) is 1.40. The van der Waals surface area contributed by atoms with Gasteiger partial charge in [0.2, 0.25) is 0 Å². The van der Waals surface area contributed by atoms with Crippen molar-refractivity contribution in [2.75, 3.05) is 33.4 Å². The lowest BCUT2D eigenvalue weighted by molar-refractivity contribution is -0.124. The number of thiazole rings is 1. The number of benzene rings is 1. The molecule has 124 valence electrons. The van der Waals surface area contributed by atoms with Crippen LogP contribution in [0.1, 0.15) is 12.8 Å². The molecule has 1 aromatic heterocycles. The molecular weight excluding hydrogens is 336 g/mol. The maximum Gasteiger partial charge on any atom is 0.274 e. The molecule has 1 aliphatic heterocycles. The third-order valence-electron chi connectivity index (χ3n) is 3.84. The number of carbonyl (C=O) groups excluding carboxylic acids is 1. The molecule has 2 heterocycles. The molecule has 1 saturated heterocycles. The maximum atomic E-state index is 11.6. The van der Waals surface area contributed by atoms with E-state index in [0.29, 0.717) is 16.8 Å². The lowest BCUT2D eigenvalue weighted by Gasteiger charge is -2.30. The summed E-state index contributed by atoms with van der Waals surface area (Å²) in [7, 11) is 1.54. The van der Waals surface area contributed by atoms with Gasteiger partial charge in [0, 0.05) is 25.2 Å². The zero-order chi connectivity index (χ0) is 16.2. The van der Waals surface area contributed by atoms with E-state index in [0.717, 1.165) is 36.1 Å². The van der Waals surface area contributed by atoms with Gasteiger partial charge in [0.15, 0.2) is 5.78 Å². The second-order valence-electron chi connectivity index (χ2n) is 5.66. The minimum atomic E-state index is 0.120. The van der Waals surface area contributed by atoms with Gasteiger partial charge in [0.05, 0.1) is 16.8 Å². The molecule has 0 N–H and O–H groups in total. The van der Waals surface area contributed by atoms with E-state index in [1.807, 2.05) is 18.2 Å². The van der Waals surface area contributed by atoms with Gasteiger partial charge in [-0.05, 0) is 31.0 Å². The third-order valence-corrected chi connectivity index (χ3v) is 4.98. The van der Waals surface area contributed by atoms with Crippen LogP contribution in [0.3, 0.4) is 0 Å². The number of Topliss-reactive ketones (excluding diaryl/α,β-unsaturated/α-hetero) is 1. The molecule has 2 aromatic rings. The molecule has 3 rings (SSSR count). The second-order valence-corrected chi connectivity index (χ2v) is 7.09. The van der Waals surface area contributed by atoms with Gasteiger partial charge in [-0.25, -0.2) is 4.98 Å². The van der Waals surface area contributed by atoms with Crippen LogP contribution in [-0.2, 0) is 9.53 Å². The fourth-order valence-electron chi connectivity index (χ4n) is 2.71. The van der Waals surface area contributed by atoms with Crippen molar-refractivity contribution in [3.63, 3.8) is 0 Å². The van der Waals surface area contributed by atoms with Crippen molar-refractivity contribution in [1.29, 1.82) is 0 Å². The number of aromatic nitrogens is 1. The second kappa shape index (κ2) is 7.57. The van der Waals surface area contributed by atoms with E-state index in [4.69, 9.17) is 21.1 Å². The molecule has 0 aliphatic carbocycles. The number of hydrogen-bond acceptors (Lipinski definition) is 6. The number of fused-ring (bicyclic) bond motifs is 1. The van der Waals surface area contributed by atoms with Crippen LogP contribution in [0.2, 0.25) is 5.02 Å². The lowest BCUT2D eigenvalue weighted by atomic mass is 10.1. The first-order chi connectivity index (χ1) is 11.1. The van der Waals surface area contributed by atoms with Crippen molar-refractivity contribution in [3.8, 4) is 5.19 Å². The molecular formula is C16H19ClN2O3S. The summed E-state index contributed by atoms with van der Waals surface area (Å²) in [6.07, 6.45) is 1.95. The number of hydrogen-bond donors (Lipinski definition) is 0. The van der Waals surface area contributed by atoms with Crippen molar-refractivity contribution in [2.24, 2.45) is 0 Å². The summed E-state index contributed by atoms with van der Waals surface area (Å²) in [6.45, 7) is 2.36. The Balaban J connectivity index is 1.52. The standard InChI is InChI=1S/C16H19ClN2O3S/c1-21-10-12(20)9-19-6-4-13(5-7-19)22-16-18-14-3-2-11(17)8-15(14)23-16/h2-3,8,13H,4-7,9-10H2,1H3. The third kappa shape index (κ3) is 4.41. The van der Waals surface area contributed by atoms with Crippen LogP contribution in [0.4, 0.5) is 0 Å². The van der Waals surface area contributed by atoms with Gasteiger partial charge in [-0.1, -0.05) is 22.9 Å². The molecule has 0 radical (unpaired) electrons. The fourth-order valence-corrected chi connectivity index (χ4v) is 3.87. The number of nitrogens with zero attached hydrogens (tertiary/aromatic N) is 2. The molecule has 0 atom stereocenters. The Labute approximate surface area is 144 Å². The highest BCUT2D eigenvalue weighted by Gasteiger charge is 2.23. The molecule has 5 nitrogen and oxygen atoms in total. The van der Waals surface area contributed by atoms with Crippen LogP contribution in [0, 0.1) is 0 Å². The molecule has 7 heteroatoms. The molecule has 1 aliphatic rings. The van der Waals surface area contributed by atoms with Gasteiger partial charge >= 0.3 is 0 Å². The van der Waals surface area contributed by atoms with E-state index in [-0.39, 0.29) is 18.5 Å². The van der Waals surface area contributed by atoms with Crippen molar-refractivity contribution < 1.29 is 14.3 Å². The number of piperidine rings is 1. The molecule has 1 fully saturated rings. The van der Waals surface area contributed by atoms with Gasteiger partial charge in [-0.15, -0.1) is 0 Å². The highest BCUT2D eigenvalue weighted by molar-refractivity contribution is 7.20. The van der Waals surface area contributed by atoms with Gasteiger partial charge in [-0.2, -0.15) is 0 Å². The SMILES string of the molecule is COCC(=O)CN1CCC(Oc2nc3ccc(Cl)cc3s2)CC1. The lowest BCUT2D eigenvalue weighted by Crippen LogP contribution is -2.41. The average molecular weight is 355 g/mol. The molecule has 0 bridgehead atoms. The monoisotopic (exact) mass is 354 g/mol. The van der Waals surface area contributed by atoms with E-state index in [9.17, 15) is 4.79 Å². The molecule has 0 unspecified atom stereocenters. The highest BCUT2D eigenvalue weighted by Crippen LogP contribution is 2.31. The quantitative estimate of drug-likeness (QED) is 0.798. The van der Waals surface area contributed by atoms with Crippen molar-refractivity contribution in [1.82, 2.24) is 9.88 Å². The Morgan fingerprint density at radius 1 is 1.43 bits per heavy atom. The van der Waals surface area contributed by atoms with Crippen molar-refractivity contribution in [2.45, 2.75) is 18.9 Å². The summed E-state index contributed by atoms with van der Waals surface area (Å²) >= 11 is 7.52. The Bertz CT molecular complexity index is 683. The average Bonchev–Trinajstić information content (AvgIpc) is 2.91. The molecule has 0 amide bonds. The number of methoxy groups -OCH3 is 1. The number of likely N-dealkylation sites (tertiary alicyclic amines) is 1. The number of rotatable bonds is 6. The number of halogens is 1. The Kier molecular flexibility index (Phi) is 5.48. The van der Waals surface area contributed by atoms with Crippen LogP contribution in [0.5, 0.6) is 5.19 Å². The molecule has 1 aromatic carbocycles. The van der Waals surface area contributed by atoms with Crippen LogP contribution in [-0.4, -0.2) is 55.1 Å². The topological polar surface area (TPSA) is 51.7 Å². The first-order valence-corrected chi connectivity index (χ1v) is 8.79. The van der Waals surface area contributed by atoms with Gasteiger partial charge < -0.3 is 9.47 Å². The summed E-state index contributed by atoms with van der Waals surface area (Å²) in [6, 6.07) is 5.65. The number of ether oxygens (including phenoxy) is 2. The summed E-state index contributed by atoms with van der Waals surface area (Å²) < 4.78 is 11.9. The van der Waals surface area contributed by atoms with E-state index >= 15 is 0 Å². The largest absolute Gasteiger partial charge is 0.467 e. The Morgan fingerprint density at radius 2 is 2.22 bits per heavy atom. The zero-order valence-corrected chi connectivity index (χ0v) is 14.5. The summed E-state index contributed by atoms with van der Waals surface area (Å²) in [4.78, 5) is 18.2. The minimum absolute atomic E-state index is 0.120. The zero-order valence-electron chi connectivity index (χ0n) is 13.0. The van der Waals surface area contributed by atoms with E-state index in [1.54, 1.807) is 7.11 Å². The van der Waals surface area contributed by atoms with Crippen LogP contribution in [0.15, 0.2) is 18.2 Å². The number of ketones is 1. The highest BCUT2D eigenvalue weighted by atomic mass is 35.5. The van der Waals surface area contributed by atoms with Gasteiger partial charge in [0.1, 0.15) is 12.7 Å². The first kappa shape index (κ1) is 16.6. The van der Waals surface area contributed by atoms with Crippen molar-refractivity contribution in [3.05, 3.63) is 23.2 Å². The van der Waals surface area contributed by atoms with E-state index in [2.05, 4.69) is 9.88 Å². The fraction of sp³-hybridized carbons (Fsp3) is 0.500. The van der Waals surface area contributed by atoms with Crippen LogP contribution >= 0.6 is 22.9 Å². The van der Waals surface area contributed by atoms with E-state index < -0.39 is 0 Å². The molecule has 0 saturated carbocycles. The van der Waals surface area contributed by atoms with Crippen LogP contribution in [0.25, 0.3) is 10.2 Å². The van der Waals surface area contributed by atoms with Gasteiger partial charge in [-0.3, -0.25) is 9.69 Å². The van der Waals surface area contributed by atoms with Crippen LogP contribution < -0.4 is 4.74 Å². The maximum absolute atomic E-state index is 11.6. The summed E-state index contributed by atoms with van der Waals surface area (Å²) in [5.41, 5.74) is 0.914. The normalized spacial score (nSPS) is 16.8. The number of carbonyl (C=O) groups is 1. The smallest absolute Gasteiger partial charge is 0.274 e. The van der Waals surface area contributed by atoms with Crippen molar-refractivity contribution >= 4 is 38.9 Å². The van der Waals surface area contributed by atoms with Gasteiger partial charge in [0.25, 0.3) is 5.19 Å². The Morgan fingerprint density at radius 3 is 2.96 bits per heavy atom. The molecule has 23 heavy (non-hydrogen) atoms. The summed E-state index contributed by atoms with van der Waals surface area (Å²) in [5.74, 6) is 0.120. The predicted octanol–water partition coefficient (Wildman–Crippen LogP) is 3.01. The Hall–Kier alpha value is -1.21. The first-order valence-electron chi connectivity index (χ1n) is 7.60.